The maximum Gasteiger partial charge on any atom is 0.414 e. The Balaban J connectivity index is 1.60. The summed E-state index contributed by atoms with van der Waals surface area (Å²) in [7, 11) is -7.29. The molecule has 3 amide bonds. The number of hydrogen-bond acceptors (Lipinski definition) is 9. The number of nitrogens with one attached hydrogen (secondary N) is 2. The van der Waals surface area contributed by atoms with Gasteiger partial charge in [0.15, 0.2) is 9.84 Å². The first-order chi connectivity index (χ1) is 16.4. The fraction of sp³-hybridized carbons (Fsp3) is 0.381. The number of imide groups is 1. The molecule has 0 saturated carbocycles. The van der Waals surface area contributed by atoms with Crippen molar-refractivity contribution in [1.29, 1.82) is 0 Å². The largest absolute Gasteiger partial charge is 0.450 e. The van der Waals surface area contributed by atoms with Crippen molar-refractivity contribution >= 4 is 54.1 Å². The van der Waals surface area contributed by atoms with Crippen LogP contribution in [0.5, 0.6) is 0 Å². The molecule has 14 heteroatoms. The molecular weight excluding hydrogens is 518 g/mol. The first kappa shape index (κ1) is 26.8. The van der Waals surface area contributed by atoms with Gasteiger partial charge in [0.25, 0.3) is 5.91 Å². The summed E-state index contributed by atoms with van der Waals surface area (Å²) in [5.74, 6) is -1.54. The molecule has 2 heterocycles. The fourth-order valence-electron chi connectivity index (χ4n) is 3.49. The third kappa shape index (κ3) is 6.45. The van der Waals surface area contributed by atoms with Gasteiger partial charge >= 0.3 is 6.09 Å². The standard InChI is InChI=1S/C21H25N3O8S3/c1-3-32-21(27)23-19(26)17-10-13-33-20(17)22-18(25)14-8-11-24(12-9-14)35(30,31)16-6-4-15(5-7-16)34(2,28)29/h4-7,10,13-14H,3,8-9,11-12H2,1-2H3,(H,22,25)(H,23,26,27). The highest BCUT2D eigenvalue weighted by Gasteiger charge is 2.33. The lowest BCUT2D eigenvalue weighted by molar-refractivity contribution is -0.120. The van der Waals surface area contributed by atoms with Gasteiger partial charge in [0.2, 0.25) is 15.9 Å². The highest BCUT2D eigenvalue weighted by atomic mass is 32.2. The van der Waals surface area contributed by atoms with Crippen LogP contribution in [-0.2, 0) is 29.4 Å². The minimum atomic E-state index is -3.85. The fourth-order valence-corrected chi connectivity index (χ4v) is 6.38. The second kappa shape index (κ2) is 10.8. The highest BCUT2D eigenvalue weighted by Crippen LogP contribution is 2.28. The van der Waals surface area contributed by atoms with Gasteiger partial charge in [0, 0.05) is 25.3 Å². The Kier molecular flexibility index (Phi) is 8.30. The molecule has 0 aliphatic carbocycles. The molecule has 1 saturated heterocycles. The number of alkyl carbamates (subject to hydrolysis) is 1. The SMILES string of the molecule is CCOC(=O)NC(=O)c1ccsc1NC(=O)C1CCN(S(=O)(=O)c2ccc(S(C)(=O)=O)cc2)CC1. The quantitative estimate of drug-likeness (QED) is 0.538. The molecule has 0 spiro atoms. The summed E-state index contributed by atoms with van der Waals surface area (Å²) in [6, 6.07) is 6.48. The van der Waals surface area contributed by atoms with Crippen molar-refractivity contribution in [3.63, 3.8) is 0 Å². The average molecular weight is 544 g/mol. The summed E-state index contributed by atoms with van der Waals surface area (Å²) in [6.45, 7) is 1.92. The van der Waals surface area contributed by atoms with Crippen molar-refractivity contribution in [2.24, 2.45) is 5.92 Å². The number of thiophene rings is 1. The number of ether oxygens (including phenoxy) is 1. The first-order valence-corrected chi connectivity index (χ1v) is 14.8. The second-order valence-electron chi connectivity index (χ2n) is 7.75. The normalized spacial score (nSPS) is 15.4. The average Bonchev–Trinajstić information content (AvgIpc) is 3.27. The van der Waals surface area contributed by atoms with Crippen molar-refractivity contribution in [2.45, 2.75) is 29.6 Å². The lowest BCUT2D eigenvalue weighted by Crippen LogP contribution is -2.41. The van der Waals surface area contributed by atoms with Crippen LogP contribution < -0.4 is 10.6 Å². The van der Waals surface area contributed by atoms with E-state index in [-0.39, 0.29) is 58.8 Å². The number of amides is 3. The maximum atomic E-state index is 12.9. The molecular formula is C21H25N3O8S3. The van der Waals surface area contributed by atoms with Crippen molar-refractivity contribution in [3.05, 3.63) is 41.3 Å². The summed E-state index contributed by atoms with van der Waals surface area (Å²) >= 11 is 1.12. The van der Waals surface area contributed by atoms with Crippen LogP contribution in [0.25, 0.3) is 0 Å². The summed E-state index contributed by atoms with van der Waals surface area (Å²) < 4.78 is 55.0. The van der Waals surface area contributed by atoms with Crippen molar-refractivity contribution in [2.75, 3.05) is 31.3 Å². The van der Waals surface area contributed by atoms with Gasteiger partial charge in [-0.2, -0.15) is 4.31 Å². The van der Waals surface area contributed by atoms with E-state index in [2.05, 4.69) is 15.4 Å². The molecule has 2 aromatic rings. The molecule has 1 aliphatic heterocycles. The number of anilines is 1. The minimum absolute atomic E-state index is 0.0238. The van der Waals surface area contributed by atoms with E-state index in [9.17, 15) is 31.2 Å². The van der Waals surface area contributed by atoms with Gasteiger partial charge in [-0.25, -0.2) is 21.6 Å². The Bertz CT molecular complexity index is 1310. The third-order valence-corrected chi connectivity index (χ3v) is 9.22. The molecule has 2 N–H and O–H groups in total. The Hall–Kier alpha value is -2.81. The summed E-state index contributed by atoms with van der Waals surface area (Å²) in [6.07, 6.45) is 0.684. The van der Waals surface area contributed by atoms with Crippen LogP contribution >= 0.6 is 11.3 Å². The molecule has 190 valence electrons. The van der Waals surface area contributed by atoms with E-state index in [4.69, 9.17) is 0 Å². The predicted molar refractivity (Wildman–Crippen MR) is 128 cm³/mol. The zero-order chi connectivity index (χ0) is 25.8. The van der Waals surface area contributed by atoms with E-state index < -0.39 is 37.8 Å². The Labute approximate surface area is 207 Å². The summed E-state index contributed by atoms with van der Waals surface area (Å²) in [5.41, 5.74) is 0.119. The van der Waals surface area contributed by atoms with E-state index in [0.29, 0.717) is 0 Å². The van der Waals surface area contributed by atoms with Crippen LogP contribution in [0.1, 0.15) is 30.1 Å². The highest BCUT2D eigenvalue weighted by molar-refractivity contribution is 7.90. The van der Waals surface area contributed by atoms with E-state index in [1.54, 1.807) is 12.3 Å². The number of carbonyl (C=O) groups is 3. The van der Waals surface area contributed by atoms with Crippen LogP contribution in [0.3, 0.4) is 0 Å². The number of nitrogens with zero attached hydrogens (tertiary/aromatic N) is 1. The van der Waals surface area contributed by atoms with Gasteiger partial charge in [0.1, 0.15) is 5.00 Å². The number of sulfone groups is 1. The maximum absolute atomic E-state index is 12.9. The molecule has 0 atom stereocenters. The zero-order valence-corrected chi connectivity index (χ0v) is 21.5. The molecule has 1 fully saturated rings. The van der Waals surface area contributed by atoms with Crippen LogP contribution in [0, 0.1) is 5.92 Å². The van der Waals surface area contributed by atoms with Crippen LogP contribution in [0.4, 0.5) is 9.80 Å². The molecule has 1 aromatic heterocycles. The summed E-state index contributed by atoms with van der Waals surface area (Å²) in [5, 5.41) is 6.64. The number of sulfonamides is 1. The Morgan fingerprint density at radius 2 is 1.63 bits per heavy atom. The van der Waals surface area contributed by atoms with Gasteiger partial charge in [-0.05, 0) is 55.5 Å². The minimum Gasteiger partial charge on any atom is -0.450 e. The second-order valence-corrected chi connectivity index (χ2v) is 12.6. The Morgan fingerprint density at radius 1 is 1.03 bits per heavy atom. The third-order valence-electron chi connectivity index (χ3n) is 5.35. The van der Waals surface area contributed by atoms with E-state index in [0.717, 1.165) is 17.6 Å². The number of rotatable bonds is 7. The zero-order valence-electron chi connectivity index (χ0n) is 19.0. The van der Waals surface area contributed by atoms with Gasteiger partial charge in [-0.15, -0.1) is 11.3 Å². The molecule has 11 nitrogen and oxygen atoms in total. The monoisotopic (exact) mass is 543 g/mol. The number of piperidine rings is 1. The van der Waals surface area contributed by atoms with Crippen molar-refractivity contribution < 1.29 is 36.0 Å². The van der Waals surface area contributed by atoms with Crippen LogP contribution in [0.15, 0.2) is 45.5 Å². The topological polar surface area (TPSA) is 156 Å². The molecule has 1 aliphatic rings. The molecule has 0 bridgehead atoms. The lowest BCUT2D eigenvalue weighted by atomic mass is 9.97. The van der Waals surface area contributed by atoms with Gasteiger partial charge in [-0.3, -0.25) is 14.9 Å². The van der Waals surface area contributed by atoms with Crippen LogP contribution in [0.2, 0.25) is 0 Å². The summed E-state index contributed by atoms with van der Waals surface area (Å²) in [4.78, 5) is 36.5. The lowest BCUT2D eigenvalue weighted by Gasteiger charge is -2.30. The molecule has 0 radical (unpaired) electrons. The molecule has 1 aromatic carbocycles. The van der Waals surface area contributed by atoms with E-state index >= 15 is 0 Å². The van der Waals surface area contributed by atoms with E-state index in [1.807, 2.05) is 0 Å². The predicted octanol–water partition coefficient (Wildman–Crippen LogP) is 2.08. The van der Waals surface area contributed by atoms with Crippen molar-refractivity contribution in [1.82, 2.24) is 9.62 Å². The number of benzene rings is 1. The number of carbonyl (C=O) groups excluding carboxylic acids is 3. The van der Waals surface area contributed by atoms with Gasteiger partial charge < -0.3 is 10.1 Å². The Morgan fingerprint density at radius 3 is 2.20 bits per heavy atom. The molecule has 0 unspecified atom stereocenters. The first-order valence-electron chi connectivity index (χ1n) is 10.6. The van der Waals surface area contributed by atoms with Gasteiger partial charge in [0.05, 0.1) is 22.0 Å². The number of hydrogen-bond donors (Lipinski definition) is 2. The van der Waals surface area contributed by atoms with Crippen molar-refractivity contribution in [3.8, 4) is 0 Å². The van der Waals surface area contributed by atoms with Gasteiger partial charge in [-0.1, -0.05) is 0 Å². The molecule has 3 rings (SSSR count). The molecule has 35 heavy (non-hydrogen) atoms. The van der Waals surface area contributed by atoms with Crippen LogP contribution in [-0.4, -0.2) is 65.0 Å². The van der Waals surface area contributed by atoms with E-state index in [1.165, 1.54) is 34.6 Å². The smallest absolute Gasteiger partial charge is 0.414 e.